The number of rotatable bonds is 3. The molecule has 1 aliphatic rings. The number of fused-ring (bicyclic) bond motifs is 1. The number of anilines is 1. The van der Waals surface area contributed by atoms with E-state index < -0.39 is 11.7 Å². The highest BCUT2D eigenvalue weighted by Crippen LogP contribution is 2.31. The zero-order chi connectivity index (χ0) is 19.7. The average Bonchev–Trinajstić information content (AvgIpc) is 2.68. The number of alkyl halides is 3. The lowest BCUT2D eigenvalue weighted by molar-refractivity contribution is -0.137. The molecular weight excluding hydrogens is 365 g/mol. The summed E-state index contributed by atoms with van der Waals surface area (Å²) in [6.07, 6.45) is -1.62. The molecule has 1 aliphatic heterocycles. The van der Waals surface area contributed by atoms with Crippen molar-refractivity contribution in [1.29, 1.82) is 0 Å². The number of benzene rings is 2. The maximum Gasteiger partial charge on any atom is 0.416 e. The lowest BCUT2D eigenvalue weighted by atomic mass is 9.90. The van der Waals surface area contributed by atoms with E-state index in [-0.39, 0.29) is 5.75 Å². The first kappa shape index (κ1) is 18.6. The lowest BCUT2D eigenvalue weighted by Gasteiger charge is -2.33. The van der Waals surface area contributed by atoms with E-state index in [2.05, 4.69) is 9.88 Å². The van der Waals surface area contributed by atoms with E-state index in [1.807, 2.05) is 18.2 Å². The highest BCUT2D eigenvalue weighted by molar-refractivity contribution is 5.85. The number of pyridine rings is 1. The van der Waals surface area contributed by atoms with E-state index in [0.717, 1.165) is 61.3 Å². The van der Waals surface area contributed by atoms with Crippen molar-refractivity contribution in [1.82, 2.24) is 4.98 Å². The molecule has 28 heavy (non-hydrogen) atoms. The Morgan fingerprint density at radius 3 is 2.36 bits per heavy atom. The van der Waals surface area contributed by atoms with E-state index in [4.69, 9.17) is 0 Å². The third-order valence-electron chi connectivity index (χ3n) is 5.41. The van der Waals surface area contributed by atoms with E-state index in [1.54, 1.807) is 18.2 Å². The molecule has 3 nitrogen and oxygen atoms in total. The highest BCUT2D eigenvalue weighted by Gasteiger charge is 2.30. The van der Waals surface area contributed by atoms with E-state index in [1.165, 1.54) is 6.07 Å². The summed E-state index contributed by atoms with van der Waals surface area (Å²) in [5.41, 5.74) is 0.823. The van der Waals surface area contributed by atoms with E-state index in [0.29, 0.717) is 11.4 Å². The average molecular weight is 385 g/mol. The van der Waals surface area contributed by atoms with Crippen molar-refractivity contribution in [2.45, 2.75) is 25.4 Å². The minimum atomic E-state index is -4.29. The molecule has 0 aliphatic carbocycles. The zero-order valence-electron chi connectivity index (χ0n) is 15.2. The predicted molar refractivity (Wildman–Crippen MR) is 102 cm³/mol. The molecule has 0 spiro atoms. The van der Waals surface area contributed by atoms with E-state index in [9.17, 15) is 18.3 Å². The van der Waals surface area contributed by atoms with Gasteiger partial charge in [-0.1, -0.05) is 24.3 Å². The van der Waals surface area contributed by atoms with Gasteiger partial charge in [0.1, 0.15) is 11.3 Å². The smallest absolute Gasteiger partial charge is 0.357 e. The second-order valence-electron chi connectivity index (χ2n) is 7.33. The van der Waals surface area contributed by atoms with Crippen LogP contribution in [0.2, 0.25) is 0 Å². The molecule has 0 N–H and O–H groups in total. The highest BCUT2D eigenvalue weighted by atomic mass is 19.4. The summed E-state index contributed by atoms with van der Waals surface area (Å²) >= 11 is 0. The molecule has 1 radical (unpaired) electrons. The summed E-state index contributed by atoms with van der Waals surface area (Å²) in [5.74, 6) is 1.17. The van der Waals surface area contributed by atoms with Crippen LogP contribution in [0.5, 0.6) is 5.75 Å². The Morgan fingerprint density at radius 1 is 0.964 bits per heavy atom. The zero-order valence-corrected chi connectivity index (χ0v) is 15.2. The predicted octanol–water partition coefficient (Wildman–Crippen LogP) is 5.86. The Bertz CT molecular complexity index is 962. The van der Waals surface area contributed by atoms with Crippen LogP contribution in [0.15, 0.2) is 54.6 Å². The fourth-order valence-electron chi connectivity index (χ4n) is 3.82. The number of halogens is 3. The number of piperidine rings is 1. The number of aromatic nitrogens is 1. The normalized spacial score (nSPS) is 15.9. The van der Waals surface area contributed by atoms with Crippen molar-refractivity contribution in [3.63, 3.8) is 0 Å². The van der Waals surface area contributed by atoms with Gasteiger partial charge in [0.05, 0.1) is 5.56 Å². The van der Waals surface area contributed by atoms with Gasteiger partial charge in [-0.25, -0.2) is 4.98 Å². The molecular formula is C22H20F3N2O. The molecule has 0 amide bonds. The number of nitrogens with zero attached hydrogens (tertiary/aromatic N) is 2. The summed E-state index contributed by atoms with van der Waals surface area (Å²) in [5, 5.41) is 12.8. The van der Waals surface area contributed by atoms with Crippen LogP contribution < -0.4 is 4.90 Å². The van der Waals surface area contributed by atoms with Gasteiger partial charge in [-0.15, -0.1) is 0 Å². The molecule has 145 valence electrons. The van der Waals surface area contributed by atoms with Gasteiger partial charge in [0.15, 0.2) is 0 Å². The van der Waals surface area contributed by atoms with Crippen molar-refractivity contribution in [2.75, 3.05) is 18.0 Å². The number of para-hydroxylation sites is 1. The van der Waals surface area contributed by atoms with Crippen LogP contribution in [-0.2, 0) is 17.7 Å². The van der Waals surface area contributed by atoms with Crippen LogP contribution in [0.3, 0.4) is 0 Å². The molecule has 2 aromatic carbocycles. The fourth-order valence-corrected chi connectivity index (χ4v) is 3.82. The first-order chi connectivity index (χ1) is 13.4. The van der Waals surface area contributed by atoms with Gasteiger partial charge in [-0.2, -0.15) is 13.2 Å². The summed E-state index contributed by atoms with van der Waals surface area (Å²) in [6.45, 7) is 1.65. The second-order valence-corrected chi connectivity index (χ2v) is 7.33. The Balaban J connectivity index is 1.39. The van der Waals surface area contributed by atoms with Gasteiger partial charge in [-0.3, -0.25) is 5.11 Å². The molecule has 0 bridgehead atoms. The van der Waals surface area contributed by atoms with Gasteiger partial charge in [0, 0.05) is 18.5 Å². The third kappa shape index (κ3) is 3.91. The first-order valence-electron chi connectivity index (χ1n) is 9.38. The quantitative estimate of drug-likeness (QED) is 0.566. The Labute approximate surface area is 161 Å². The monoisotopic (exact) mass is 385 g/mol. The molecule has 1 fully saturated rings. The molecule has 6 heteroatoms. The standard InChI is InChI=1S/C22H20F3N2O/c23-22(24,25)18-7-4-15(5-8-18)14-16-10-12-27(13-11-16)20-9-6-17-2-1-3-19(28)21(17)26-20/h1-9,16H,10-14H2. The minimum Gasteiger partial charge on any atom is -0.357 e. The molecule has 0 unspecified atom stereocenters. The number of hydrogen-bond acceptors (Lipinski definition) is 2. The van der Waals surface area contributed by atoms with Gasteiger partial charge in [0.25, 0.3) is 0 Å². The summed E-state index contributed by atoms with van der Waals surface area (Å²) < 4.78 is 38.0. The molecule has 0 atom stereocenters. The molecule has 1 saturated heterocycles. The minimum absolute atomic E-state index is 0.0726. The van der Waals surface area contributed by atoms with Gasteiger partial charge in [0.2, 0.25) is 5.75 Å². The topological polar surface area (TPSA) is 36.0 Å². The summed E-state index contributed by atoms with van der Waals surface area (Å²) in [6, 6.07) is 14.5. The third-order valence-corrected chi connectivity index (χ3v) is 5.41. The Morgan fingerprint density at radius 2 is 1.68 bits per heavy atom. The molecule has 0 saturated carbocycles. The van der Waals surface area contributed by atoms with Crippen LogP contribution in [0.1, 0.15) is 24.0 Å². The molecule has 2 heterocycles. The van der Waals surface area contributed by atoms with Crippen LogP contribution in [-0.4, -0.2) is 18.1 Å². The van der Waals surface area contributed by atoms with Crippen molar-refractivity contribution in [2.24, 2.45) is 5.92 Å². The Hall–Kier alpha value is -2.76. The van der Waals surface area contributed by atoms with Crippen LogP contribution in [0, 0.1) is 5.92 Å². The van der Waals surface area contributed by atoms with Crippen LogP contribution >= 0.6 is 0 Å². The van der Waals surface area contributed by atoms with Crippen molar-refractivity contribution < 1.29 is 18.3 Å². The van der Waals surface area contributed by atoms with Gasteiger partial charge >= 0.3 is 6.18 Å². The molecule has 1 aromatic heterocycles. The maximum absolute atomic E-state index is 12.7. The van der Waals surface area contributed by atoms with Crippen LogP contribution in [0.25, 0.3) is 10.9 Å². The number of hydrogen-bond donors (Lipinski definition) is 0. The fraction of sp³-hybridized carbons (Fsp3) is 0.318. The van der Waals surface area contributed by atoms with Crippen molar-refractivity contribution >= 4 is 16.7 Å². The van der Waals surface area contributed by atoms with Crippen molar-refractivity contribution in [3.8, 4) is 5.75 Å². The second kappa shape index (κ2) is 7.34. The largest absolute Gasteiger partial charge is 0.416 e. The maximum atomic E-state index is 12.7. The lowest BCUT2D eigenvalue weighted by Crippen LogP contribution is -2.34. The van der Waals surface area contributed by atoms with Crippen molar-refractivity contribution in [3.05, 3.63) is 65.7 Å². The van der Waals surface area contributed by atoms with Gasteiger partial charge in [-0.05, 0) is 61.1 Å². The van der Waals surface area contributed by atoms with E-state index >= 15 is 0 Å². The SMILES string of the molecule is [O]c1cccc2ccc(N3CCC(Cc4ccc(C(F)(F)F)cc4)CC3)nc12. The summed E-state index contributed by atoms with van der Waals surface area (Å²) in [4.78, 5) is 6.72. The van der Waals surface area contributed by atoms with Crippen LogP contribution in [0.4, 0.5) is 19.0 Å². The Kier molecular flexibility index (Phi) is 4.87. The summed E-state index contributed by atoms with van der Waals surface area (Å²) in [7, 11) is 0. The molecule has 3 aromatic rings. The molecule has 4 rings (SSSR count). The first-order valence-corrected chi connectivity index (χ1v) is 9.38. The van der Waals surface area contributed by atoms with Gasteiger partial charge < -0.3 is 4.90 Å².